The molecule has 2 aromatic heterocycles. The molecule has 0 fully saturated rings. The summed E-state index contributed by atoms with van der Waals surface area (Å²) < 4.78 is 12.5. The van der Waals surface area contributed by atoms with E-state index in [2.05, 4.69) is 6.92 Å². The van der Waals surface area contributed by atoms with Crippen molar-refractivity contribution in [2.45, 2.75) is 45.8 Å². The van der Waals surface area contributed by atoms with Crippen LogP contribution in [0.2, 0.25) is 0 Å². The average Bonchev–Trinajstić information content (AvgIpc) is 3.14. The molecule has 1 unspecified atom stereocenters. The third kappa shape index (κ3) is 2.87. The SMILES string of the molecule is CCc1c2c(nc3ccc(OCC=O)cc13)-c1cc3c(c(=O)n1C2)COC(=O)C3CC. The van der Waals surface area contributed by atoms with Crippen LogP contribution in [0.15, 0.2) is 29.1 Å². The molecule has 1 aromatic carbocycles. The number of nitrogens with zero attached hydrogens (tertiary/aromatic N) is 2. The Labute approximate surface area is 178 Å². The van der Waals surface area contributed by atoms with E-state index in [1.165, 1.54) is 0 Å². The first kappa shape index (κ1) is 19.5. The van der Waals surface area contributed by atoms with Gasteiger partial charge in [-0.15, -0.1) is 0 Å². The summed E-state index contributed by atoms with van der Waals surface area (Å²) in [7, 11) is 0. The number of esters is 1. The van der Waals surface area contributed by atoms with Gasteiger partial charge in [0.1, 0.15) is 19.0 Å². The van der Waals surface area contributed by atoms with Gasteiger partial charge in [-0.05, 0) is 48.2 Å². The molecule has 0 radical (unpaired) electrons. The molecule has 0 aliphatic carbocycles. The molecule has 7 nitrogen and oxygen atoms in total. The minimum absolute atomic E-state index is 0.00287. The number of rotatable bonds is 5. The molecule has 3 aromatic rings. The fourth-order valence-corrected chi connectivity index (χ4v) is 4.79. The molecule has 0 amide bonds. The molecule has 1 atom stereocenters. The maximum absolute atomic E-state index is 13.3. The molecule has 0 saturated heterocycles. The molecule has 5 rings (SSSR count). The molecule has 2 aliphatic heterocycles. The second-order valence-corrected chi connectivity index (χ2v) is 7.85. The number of benzene rings is 1. The zero-order valence-corrected chi connectivity index (χ0v) is 17.4. The van der Waals surface area contributed by atoms with Crippen molar-refractivity contribution in [3.63, 3.8) is 0 Å². The highest BCUT2D eigenvalue weighted by Crippen LogP contribution is 2.39. The number of hydrogen-bond donors (Lipinski definition) is 0. The summed E-state index contributed by atoms with van der Waals surface area (Å²) in [4.78, 5) is 41.1. The van der Waals surface area contributed by atoms with Crippen molar-refractivity contribution in [2.24, 2.45) is 0 Å². The van der Waals surface area contributed by atoms with Gasteiger partial charge in [-0.3, -0.25) is 14.4 Å². The topological polar surface area (TPSA) is 87.5 Å². The first-order valence-corrected chi connectivity index (χ1v) is 10.5. The Morgan fingerprint density at radius 2 is 2.06 bits per heavy atom. The molecule has 158 valence electrons. The van der Waals surface area contributed by atoms with Crippen LogP contribution in [-0.2, 0) is 33.9 Å². The largest absolute Gasteiger partial charge is 0.486 e. The van der Waals surface area contributed by atoms with Crippen molar-refractivity contribution >= 4 is 23.2 Å². The molecule has 4 heterocycles. The van der Waals surface area contributed by atoms with Crippen molar-refractivity contribution < 1.29 is 19.1 Å². The molecular formula is C24H22N2O5. The van der Waals surface area contributed by atoms with Crippen molar-refractivity contribution in [3.05, 3.63) is 56.9 Å². The third-order valence-corrected chi connectivity index (χ3v) is 6.27. The van der Waals surface area contributed by atoms with Crippen LogP contribution >= 0.6 is 0 Å². The van der Waals surface area contributed by atoms with Crippen LogP contribution in [0.4, 0.5) is 0 Å². The standard InChI is InChI=1S/C24H22N2O5/c1-3-14-17-9-13(30-8-7-27)5-6-20(17)25-22-18(14)11-26-21(22)10-16-15(4-2)24(29)31-12-19(16)23(26)28/h5-7,9-10,15H,3-4,8,11-12H2,1-2H3. The second kappa shape index (κ2) is 7.34. The minimum Gasteiger partial charge on any atom is -0.486 e. The van der Waals surface area contributed by atoms with Gasteiger partial charge >= 0.3 is 5.97 Å². The molecule has 7 heteroatoms. The van der Waals surface area contributed by atoms with Crippen molar-refractivity contribution in [1.82, 2.24) is 9.55 Å². The van der Waals surface area contributed by atoms with Gasteiger partial charge in [-0.1, -0.05) is 13.8 Å². The predicted molar refractivity (Wildman–Crippen MR) is 114 cm³/mol. The van der Waals surface area contributed by atoms with E-state index in [-0.39, 0.29) is 24.7 Å². The first-order chi connectivity index (χ1) is 15.1. The maximum atomic E-state index is 13.3. The van der Waals surface area contributed by atoms with Gasteiger partial charge in [-0.2, -0.15) is 0 Å². The monoisotopic (exact) mass is 418 g/mol. The van der Waals surface area contributed by atoms with Gasteiger partial charge in [0.05, 0.1) is 34.9 Å². The Hall–Kier alpha value is -3.48. The highest BCUT2D eigenvalue weighted by molar-refractivity contribution is 5.89. The van der Waals surface area contributed by atoms with Crippen molar-refractivity contribution in [2.75, 3.05) is 6.61 Å². The number of carbonyl (C=O) groups is 2. The van der Waals surface area contributed by atoms with Gasteiger partial charge < -0.3 is 14.0 Å². The van der Waals surface area contributed by atoms with Crippen LogP contribution in [-0.4, -0.2) is 28.4 Å². The summed E-state index contributed by atoms with van der Waals surface area (Å²) in [6.07, 6.45) is 2.06. The summed E-state index contributed by atoms with van der Waals surface area (Å²) in [5.41, 5.74) is 5.69. The minimum atomic E-state index is -0.421. The molecule has 0 bridgehead atoms. The Morgan fingerprint density at radius 3 is 2.81 bits per heavy atom. The quantitative estimate of drug-likeness (QED) is 0.366. The molecule has 2 aliphatic rings. The van der Waals surface area contributed by atoms with Gasteiger partial charge in [0.25, 0.3) is 5.56 Å². The summed E-state index contributed by atoms with van der Waals surface area (Å²) in [5, 5.41) is 0.959. The van der Waals surface area contributed by atoms with Gasteiger partial charge in [-0.25, -0.2) is 4.98 Å². The van der Waals surface area contributed by atoms with Crippen LogP contribution in [0.5, 0.6) is 5.75 Å². The number of ether oxygens (including phenoxy) is 2. The molecular weight excluding hydrogens is 396 g/mol. The van der Waals surface area contributed by atoms with Crippen LogP contribution in [0, 0.1) is 0 Å². The van der Waals surface area contributed by atoms with E-state index < -0.39 is 5.92 Å². The highest BCUT2D eigenvalue weighted by Gasteiger charge is 2.34. The lowest BCUT2D eigenvalue weighted by molar-refractivity contribution is -0.148. The third-order valence-electron chi connectivity index (χ3n) is 6.27. The Bertz CT molecular complexity index is 1310. The van der Waals surface area contributed by atoms with E-state index in [0.717, 1.165) is 45.4 Å². The lowest BCUT2D eigenvalue weighted by Crippen LogP contribution is -2.32. The molecule has 0 saturated carbocycles. The zero-order valence-electron chi connectivity index (χ0n) is 17.4. The van der Waals surface area contributed by atoms with Crippen LogP contribution in [0.3, 0.4) is 0 Å². The molecule has 0 spiro atoms. The summed E-state index contributed by atoms with van der Waals surface area (Å²) >= 11 is 0. The number of aldehydes is 1. The van der Waals surface area contributed by atoms with Gasteiger partial charge in [0.2, 0.25) is 0 Å². The van der Waals surface area contributed by atoms with Crippen LogP contribution < -0.4 is 10.3 Å². The number of aromatic nitrogens is 2. The van der Waals surface area contributed by atoms with Crippen molar-refractivity contribution in [3.8, 4) is 17.1 Å². The number of fused-ring (bicyclic) bond motifs is 5. The zero-order chi connectivity index (χ0) is 21.7. The predicted octanol–water partition coefficient (Wildman–Crippen LogP) is 3.12. The number of aryl methyl sites for hydroxylation is 1. The Morgan fingerprint density at radius 1 is 1.23 bits per heavy atom. The highest BCUT2D eigenvalue weighted by atomic mass is 16.5. The number of cyclic esters (lactones) is 1. The fourth-order valence-electron chi connectivity index (χ4n) is 4.79. The summed E-state index contributed by atoms with van der Waals surface area (Å²) in [5.74, 6) is -0.0863. The van der Waals surface area contributed by atoms with Crippen LogP contribution in [0.25, 0.3) is 22.3 Å². The van der Waals surface area contributed by atoms with Gasteiger partial charge in [0.15, 0.2) is 6.29 Å². The average molecular weight is 418 g/mol. The summed E-state index contributed by atoms with van der Waals surface area (Å²) in [6, 6.07) is 7.53. The van der Waals surface area contributed by atoms with E-state index >= 15 is 0 Å². The second-order valence-electron chi connectivity index (χ2n) is 7.85. The number of pyridine rings is 2. The Balaban J connectivity index is 1.72. The maximum Gasteiger partial charge on any atom is 0.313 e. The number of hydrogen-bond acceptors (Lipinski definition) is 6. The van der Waals surface area contributed by atoms with E-state index in [1.807, 2.05) is 25.1 Å². The van der Waals surface area contributed by atoms with Crippen molar-refractivity contribution in [1.29, 1.82) is 0 Å². The first-order valence-electron chi connectivity index (χ1n) is 10.5. The van der Waals surface area contributed by atoms with E-state index in [0.29, 0.717) is 30.6 Å². The number of carbonyl (C=O) groups excluding carboxylic acids is 2. The van der Waals surface area contributed by atoms with E-state index in [1.54, 1.807) is 10.6 Å². The summed E-state index contributed by atoms with van der Waals surface area (Å²) in [6.45, 7) is 4.45. The Kier molecular flexibility index (Phi) is 4.61. The molecule has 31 heavy (non-hydrogen) atoms. The van der Waals surface area contributed by atoms with Crippen LogP contribution in [0.1, 0.15) is 48.4 Å². The normalized spacial score (nSPS) is 16.5. The van der Waals surface area contributed by atoms with E-state index in [9.17, 15) is 14.4 Å². The lowest BCUT2D eigenvalue weighted by atomic mass is 9.90. The smallest absolute Gasteiger partial charge is 0.313 e. The fraction of sp³-hybridized carbons (Fsp3) is 0.333. The lowest BCUT2D eigenvalue weighted by Gasteiger charge is -2.24. The molecule has 0 N–H and O–H groups in total. The van der Waals surface area contributed by atoms with Gasteiger partial charge in [0, 0.05) is 10.9 Å². The van der Waals surface area contributed by atoms with E-state index in [4.69, 9.17) is 14.5 Å².